The molecule has 1 amide bonds. The minimum Gasteiger partial charge on any atom is -0.338 e. The molecule has 3 heterocycles. The van der Waals surface area contributed by atoms with Gasteiger partial charge in [-0.3, -0.25) is 4.79 Å². The fraction of sp³-hybridized carbons (Fsp3) is 0.500. The Bertz CT molecular complexity index is 680. The largest absolute Gasteiger partial charge is 0.338 e. The summed E-state index contributed by atoms with van der Waals surface area (Å²) < 4.78 is 1.78. The third-order valence-corrected chi connectivity index (χ3v) is 4.60. The number of carbonyl (C=O) groups is 1. The molecule has 1 aliphatic heterocycles. The van der Waals surface area contributed by atoms with Crippen LogP contribution in [-0.2, 0) is 6.42 Å². The summed E-state index contributed by atoms with van der Waals surface area (Å²) in [5.74, 6) is 1.37. The van der Waals surface area contributed by atoms with Crippen LogP contribution in [-0.4, -0.2) is 52.3 Å². The highest BCUT2D eigenvalue weighted by atomic mass is 16.2. The molecule has 24 heavy (non-hydrogen) atoms. The zero-order chi connectivity index (χ0) is 16.9. The lowest BCUT2D eigenvalue weighted by atomic mass is 9.97. The molecule has 0 spiro atoms. The van der Waals surface area contributed by atoms with Crippen LogP contribution in [0.1, 0.15) is 35.8 Å². The first-order valence-corrected chi connectivity index (χ1v) is 8.66. The lowest BCUT2D eigenvalue weighted by molar-refractivity contribution is 0.0673. The van der Waals surface area contributed by atoms with E-state index in [1.165, 1.54) is 6.42 Å². The molecule has 1 saturated heterocycles. The number of piperidine rings is 1. The number of rotatable bonds is 5. The van der Waals surface area contributed by atoms with E-state index in [2.05, 4.69) is 15.4 Å². The molecule has 1 atom stereocenters. The average Bonchev–Trinajstić information content (AvgIpc) is 3.06. The van der Waals surface area contributed by atoms with Crippen LogP contribution in [0.25, 0.3) is 5.82 Å². The van der Waals surface area contributed by atoms with Crippen LogP contribution in [0.5, 0.6) is 0 Å². The Morgan fingerprint density at radius 2 is 2.29 bits per heavy atom. The minimum atomic E-state index is 0.0924. The molecule has 0 bridgehead atoms. The Morgan fingerprint density at radius 3 is 3.00 bits per heavy atom. The maximum atomic E-state index is 13.0. The van der Waals surface area contributed by atoms with Gasteiger partial charge in [-0.2, -0.15) is 5.10 Å². The number of hydrogen-bond acceptors (Lipinski definition) is 4. The highest BCUT2D eigenvalue weighted by molar-refractivity contribution is 5.95. The molecule has 1 aliphatic rings. The van der Waals surface area contributed by atoms with E-state index < -0.39 is 0 Å². The monoisotopic (exact) mass is 327 g/mol. The van der Waals surface area contributed by atoms with Crippen molar-refractivity contribution in [3.63, 3.8) is 0 Å². The first-order valence-electron chi connectivity index (χ1n) is 8.66. The SMILES string of the molecule is CCc1c(C(=O)N2CCCC(CNC)C2)cnn1-c1ccccn1. The van der Waals surface area contributed by atoms with Crippen LogP contribution in [0.2, 0.25) is 0 Å². The Labute approximate surface area is 142 Å². The van der Waals surface area contributed by atoms with Gasteiger partial charge in [0.15, 0.2) is 5.82 Å². The molecular weight excluding hydrogens is 302 g/mol. The van der Waals surface area contributed by atoms with Crippen LogP contribution in [0.4, 0.5) is 0 Å². The first kappa shape index (κ1) is 16.6. The summed E-state index contributed by atoms with van der Waals surface area (Å²) in [7, 11) is 1.97. The second-order valence-corrected chi connectivity index (χ2v) is 6.28. The van der Waals surface area contributed by atoms with Crippen molar-refractivity contribution in [1.82, 2.24) is 25.0 Å². The van der Waals surface area contributed by atoms with E-state index in [0.717, 1.165) is 44.0 Å². The quantitative estimate of drug-likeness (QED) is 0.911. The van der Waals surface area contributed by atoms with Crippen molar-refractivity contribution in [2.45, 2.75) is 26.2 Å². The molecule has 2 aromatic heterocycles. The van der Waals surface area contributed by atoms with Crippen molar-refractivity contribution in [2.24, 2.45) is 5.92 Å². The number of nitrogens with one attached hydrogen (secondary N) is 1. The molecule has 0 aliphatic carbocycles. The first-order chi connectivity index (χ1) is 11.7. The van der Waals surface area contributed by atoms with Gasteiger partial charge in [0.25, 0.3) is 5.91 Å². The molecule has 3 rings (SSSR count). The van der Waals surface area contributed by atoms with Crippen LogP contribution < -0.4 is 5.32 Å². The van der Waals surface area contributed by atoms with Gasteiger partial charge in [-0.25, -0.2) is 9.67 Å². The third-order valence-electron chi connectivity index (χ3n) is 4.60. The maximum absolute atomic E-state index is 13.0. The van der Waals surface area contributed by atoms with Crippen LogP contribution in [0, 0.1) is 5.92 Å². The van der Waals surface area contributed by atoms with E-state index in [1.54, 1.807) is 17.1 Å². The van der Waals surface area contributed by atoms with Crippen LogP contribution >= 0.6 is 0 Å². The zero-order valence-electron chi connectivity index (χ0n) is 14.4. The van der Waals surface area contributed by atoms with Gasteiger partial charge in [-0.05, 0) is 50.9 Å². The molecule has 0 aromatic carbocycles. The predicted octanol–water partition coefficient (Wildman–Crippen LogP) is 1.90. The molecule has 0 radical (unpaired) electrons. The van der Waals surface area contributed by atoms with Crippen molar-refractivity contribution in [3.8, 4) is 5.82 Å². The van der Waals surface area contributed by atoms with E-state index in [-0.39, 0.29) is 5.91 Å². The number of pyridine rings is 1. The molecule has 0 saturated carbocycles. The Balaban J connectivity index is 1.84. The fourth-order valence-corrected chi connectivity index (χ4v) is 3.44. The third kappa shape index (κ3) is 3.33. The minimum absolute atomic E-state index is 0.0924. The summed E-state index contributed by atoms with van der Waals surface area (Å²) in [6.07, 6.45) is 6.42. The smallest absolute Gasteiger partial charge is 0.257 e. The Kier molecular flexibility index (Phi) is 5.25. The highest BCUT2D eigenvalue weighted by Gasteiger charge is 2.27. The van der Waals surface area contributed by atoms with Gasteiger partial charge in [0.05, 0.1) is 17.5 Å². The molecule has 1 unspecified atom stereocenters. The number of likely N-dealkylation sites (tertiary alicyclic amines) is 1. The van der Waals surface area contributed by atoms with Crippen molar-refractivity contribution >= 4 is 5.91 Å². The van der Waals surface area contributed by atoms with Crippen molar-refractivity contribution in [2.75, 3.05) is 26.7 Å². The summed E-state index contributed by atoms with van der Waals surface area (Å²) in [6.45, 7) is 4.65. The standard InChI is InChI=1S/C18H25N5O/c1-3-16-15(12-21-23(16)17-8-4-5-9-20-17)18(24)22-10-6-7-14(13-22)11-19-2/h4-5,8-9,12,14,19H,3,6-7,10-11,13H2,1-2H3. The zero-order valence-corrected chi connectivity index (χ0v) is 14.4. The normalized spacial score (nSPS) is 17.9. The number of aromatic nitrogens is 3. The fourth-order valence-electron chi connectivity index (χ4n) is 3.44. The van der Waals surface area contributed by atoms with Gasteiger partial charge in [0.1, 0.15) is 0 Å². The van der Waals surface area contributed by atoms with Gasteiger partial charge in [-0.15, -0.1) is 0 Å². The van der Waals surface area contributed by atoms with Gasteiger partial charge in [-0.1, -0.05) is 13.0 Å². The molecule has 6 nitrogen and oxygen atoms in total. The summed E-state index contributed by atoms with van der Waals surface area (Å²) in [6, 6.07) is 5.71. The number of nitrogens with zero attached hydrogens (tertiary/aromatic N) is 4. The Hall–Kier alpha value is -2.21. The summed E-state index contributed by atoms with van der Waals surface area (Å²) in [4.78, 5) is 19.3. The molecular formula is C18H25N5O. The van der Waals surface area contributed by atoms with E-state index in [0.29, 0.717) is 11.5 Å². The number of hydrogen-bond donors (Lipinski definition) is 1. The molecule has 2 aromatic rings. The van der Waals surface area contributed by atoms with Gasteiger partial charge >= 0.3 is 0 Å². The van der Waals surface area contributed by atoms with Crippen molar-refractivity contribution in [3.05, 3.63) is 41.9 Å². The second kappa shape index (κ2) is 7.57. The lowest BCUT2D eigenvalue weighted by Gasteiger charge is -2.32. The van der Waals surface area contributed by atoms with Crippen molar-refractivity contribution in [1.29, 1.82) is 0 Å². The van der Waals surface area contributed by atoms with Crippen molar-refractivity contribution < 1.29 is 4.79 Å². The summed E-state index contributed by atoms with van der Waals surface area (Å²) >= 11 is 0. The maximum Gasteiger partial charge on any atom is 0.257 e. The number of amides is 1. The van der Waals surface area contributed by atoms with Gasteiger partial charge < -0.3 is 10.2 Å². The average molecular weight is 327 g/mol. The predicted molar refractivity (Wildman–Crippen MR) is 93.3 cm³/mol. The summed E-state index contributed by atoms with van der Waals surface area (Å²) in [5.41, 5.74) is 1.63. The van der Waals surface area contributed by atoms with Gasteiger partial charge in [0, 0.05) is 19.3 Å². The molecule has 1 N–H and O–H groups in total. The van der Waals surface area contributed by atoms with Gasteiger partial charge in [0.2, 0.25) is 0 Å². The van der Waals surface area contributed by atoms with E-state index in [4.69, 9.17) is 0 Å². The van der Waals surface area contributed by atoms with E-state index in [9.17, 15) is 4.79 Å². The van der Waals surface area contributed by atoms with Crippen LogP contribution in [0.15, 0.2) is 30.6 Å². The molecule has 1 fully saturated rings. The highest BCUT2D eigenvalue weighted by Crippen LogP contribution is 2.21. The topological polar surface area (TPSA) is 63.1 Å². The Morgan fingerprint density at radius 1 is 1.42 bits per heavy atom. The lowest BCUT2D eigenvalue weighted by Crippen LogP contribution is -2.42. The number of carbonyl (C=O) groups excluding carboxylic acids is 1. The van der Waals surface area contributed by atoms with Crippen LogP contribution in [0.3, 0.4) is 0 Å². The molecule has 128 valence electrons. The second-order valence-electron chi connectivity index (χ2n) is 6.28. The van der Waals surface area contributed by atoms with E-state index >= 15 is 0 Å². The molecule has 6 heteroatoms. The van der Waals surface area contributed by atoms with E-state index in [1.807, 2.05) is 37.1 Å². The summed E-state index contributed by atoms with van der Waals surface area (Å²) in [5, 5.41) is 7.64.